The van der Waals surface area contributed by atoms with E-state index in [2.05, 4.69) is 15.9 Å². The molecule has 2 atom stereocenters. The summed E-state index contributed by atoms with van der Waals surface area (Å²) in [4.78, 5) is 28.6. The van der Waals surface area contributed by atoms with Crippen molar-refractivity contribution in [1.29, 1.82) is 0 Å². The van der Waals surface area contributed by atoms with Gasteiger partial charge in [-0.1, -0.05) is 24.3 Å². The monoisotopic (exact) mass is 460 g/mol. The van der Waals surface area contributed by atoms with Crippen molar-refractivity contribution >= 4 is 24.4 Å². The summed E-state index contributed by atoms with van der Waals surface area (Å²) in [6, 6.07) is 6.14. The third-order valence-electron chi connectivity index (χ3n) is 7.10. The van der Waals surface area contributed by atoms with Crippen molar-refractivity contribution in [1.82, 2.24) is 9.80 Å². The third-order valence-corrected chi connectivity index (χ3v) is 7.69. The van der Waals surface area contributed by atoms with Crippen LogP contribution >= 0.6 is 12.6 Å². The lowest BCUT2D eigenvalue weighted by Gasteiger charge is -2.38. The van der Waals surface area contributed by atoms with Crippen LogP contribution in [0.5, 0.6) is 0 Å². The molecule has 2 saturated heterocycles. The number of thiol groups is 1. The summed E-state index contributed by atoms with van der Waals surface area (Å²) in [7, 11) is 0. The van der Waals surface area contributed by atoms with Gasteiger partial charge in [-0.05, 0) is 62.8 Å². The first-order valence-electron chi connectivity index (χ1n) is 11.8. The number of ketones is 1. The molecule has 1 saturated carbocycles. The minimum absolute atomic E-state index is 0.0628. The fourth-order valence-electron chi connectivity index (χ4n) is 5.00. The molecule has 1 aliphatic carbocycles. The molecule has 2 aliphatic heterocycles. The van der Waals surface area contributed by atoms with Crippen molar-refractivity contribution in [3.63, 3.8) is 0 Å². The summed E-state index contributed by atoms with van der Waals surface area (Å²) in [6.45, 7) is 3.97. The first kappa shape index (κ1) is 23.5. The van der Waals surface area contributed by atoms with E-state index in [1.807, 2.05) is 6.07 Å². The number of likely N-dealkylation sites (tertiary alicyclic amines) is 2. The molecule has 0 aromatic heterocycles. The van der Waals surface area contributed by atoms with Gasteiger partial charge >= 0.3 is 5.97 Å². The van der Waals surface area contributed by atoms with Crippen LogP contribution in [0.25, 0.3) is 0 Å². The molecule has 32 heavy (non-hydrogen) atoms. The second-order valence-electron chi connectivity index (χ2n) is 9.50. The summed E-state index contributed by atoms with van der Waals surface area (Å²) < 4.78 is 14.7. The highest BCUT2D eigenvalue weighted by Gasteiger charge is 2.40. The van der Waals surface area contributed by atoms with Crippen LogP contribution in [0.4, 0.5) is 4.39 Å². The van der Waals surface area contributed by atoms with E-state index in [1.165, 1.54) is 11.6 Å². The van der Waals surface area contributed by atoms with Crippen LogP contribution in [0.3, 0.4) is 0 Å². The molecular formula is C25H33FN2O3S. The Balaban J connectivity index is 1.43. The van der Waals surface area contributed by atoms with E-state index in [1.54, 1.807) is 12.1 Å². The van der Waals surface area contributed by atoms with Gasteiger partial charge in [-0.3, -0.25) is 19.4 Å². The molecule has 0 amide bonds. The van der Waals surface area contributed by atoms with E-state index in [-0.39, 0.29) is 35.1 Å². The number of carboxylic acid groups (broad SMARTS) is 1. The standard InChI is InChI=1S/C25H33FN2O3S/c26-21-4-2-1-3-20(21)24(25(31)18-5-6-18)28-14-10-22(32)19(16-28)9-13-27-11-7-17(8-12-27)15-23(29)30/h1-4,9,17-18,22,24,32H,5-8,10-16H2,(H,29,30)/b19-9+. The molecule has 7 heteroatoms. The molecule has 1 aromatic carbocycles. The zero-order valence-corrected chi connectivity index (χ0v) is 19.4. The van der Waals surface area contributed by atoms with Crippen molar-refractivity contribution in [2.45, 2.75) is 49.8 Å². The number of halogens is 1. The Morgan fingerprint density at radius 3 is 2.50 bits per heavy atom. The van der Waals surface area contributed by atoms with Gasteiger partial charge < -0.3 is 5.11 Å². The highest BCUT2D eigenvalue weighted by atomic mass is 32.1. The lowest BCUT2D eigenvalue weighted by atomic mass is 9.93. The minimum Gasteiger partial charge on any atom is -0.481 e. The molecule has 174 valence electrons. The molecule has 0 spiro atoms. The van der Waals surface area contributed by atoms with Crippen molar-refractivity contribution in [3.05, 3.63) is 47.3 Å². The second-order valence-corrected chi connectivity index (χ2v) is 10.1. The number of nitrogens with zero attached hydrogens (tertiary/aromatic N) is 2. The van der Waals surface area contributed by atoms with Crippen molar-refractivity contribution in [3.8, 4) is 0 Å². The van der Waals surface area contributed by atoms with Gasteiger partial charge in [-0.2, -0.15) is 12.6 Å². The molecule has 1 aromatic rings. The Labute approximate surface area is 195 Å². The van der Waals surface area contributed by atoms with E-state index >= 15 is 0 Å². The average molecular weight is 461 g/mol. The van der Waals surface area contributed by atoms with Gasteiger partial charge in [0.2, 0.25) is 0 Å². The van der Waals surface area contributed by atoms with Crippen molar-refractivity contribution < 1.29 is 19.1 Å². The SMILES string of the molecule is O=C(O)CC1CCN(C/C=C2\CN(C(C(=O)C3CC3)c3ccccc3F)CCC2S)CC1. The number of hydrogen-bond acceptors (Lipinski definition) is 5. The number of rotatable bonds is 8. The van der Waals surface area contributed by atoms with Crippen LogP contribution in [-0.4, -0.2) is 64.6 Å². The van der Waals surface area contributed by atoms with E-state index in [0.717, 1.165) is 58.3 Å². The lowest BCUT2D eigenvalue weighted by Crippen LogP contribution is -2.43. The number of benzene rings is 1. The highest BCUT2D eigenvalue weighted by molar-refractivity contribution is 7.81. The van der Waals surface area contributed by atoms with Crippen LogP contribution in [0.15, 0.2) is 35.9 Å². The van der Waals surface area contributed by atoms with Gasteiger partial charge in [-0.25, -0.2) is 4.39 Å². The smallest absolute Gasteiger partial charge is 0.303 e. The molecule has 2 unspecified atom stereocenters. The summed E-state index contributed by atoms with van der Waals surface area (Å²) in [6.07, 6.45) is 6.96. The van der Waals surface area contributed by atoms with E-state index in [4.69, 9.17) is 17.7 Å². The van der Waals surface area contributed by atoms with Gasteiger partial charge in [0.1, 0.15) is 5.82 Å². The zero-order valence-electron chi connectivity index (χ0n) is 18.5. The number of carbonyl (C=O) groups is 2. The highest BCUT2D eigenvalue weighted by Crippen LogP contribution is 2.39. The Morgan fingerprint density at radius 2 is 1.84 bits per heavy atom. The maximum atomic E-state index is 14.7. The van der Waals surface area contributed by atoms with Crippen molar-refractivity contribution in [2.24, 2.45) is 11.8 Å². The Hall–Kier alpha value is -1.70. The number of carboxylic acids is 1. The van der Waals surface area contributed by atoms with Gasteiger partial charge in [0.15, 0.2) is 5.78 Å². The first-order valence-corrected chi connectivity index (χ1v) is 12.3. The van der Waals surface area contributed by atoms with Gasteiger partial charge in [0.05, 0.1) is 6.04 Å². The predicted molar refractivity (Wildman–Crippen MR) is 125 cm³/mol. The molecule has 3 aliphatic rings. The lowest BCUT2D eigenvalue weighted by molar-refractivity contribution is -0.138. The van der Waals surface area contributed by atoms with Gasteiger partial charge in [-0.15, -0.1) is 0 Å². The van der Waals surface area contributed by atoms with Crippen LogP contribution in [0.2, 0.25) is 0 Å². The minimum atomic E-state index is -0.712. The first-order chi connectivity index (χ1) is 15.4. The number of carbonyl (C=O) groups excluding carboxylic acids is 1. The molecule has 5 nitrogen and oxygen atoms in total. The Morgan fingerprint density at radius 1 is 1.12 bits per heavy atom. The normalized spacial score (nSPS) is 25.7. The van der Waals surface area contributed by atoms with Gasteiger partial charge in [0.25, 0.3) is 0 Å². The fraction of sp³-hybridized carbons (Fsp3) is 0.600. The van der Waals surface area contributed by atoms with Crippen LogP contribution in [-0.2, 0) is 9.59 Å². The van der Waals surface area contributed by atoms with Crippen LogP contribution < -0.4 is 0 Å². The number of piperidine rings is 2. The largest absolute Gasteiger partial charge is 0.481 e. The molecule has 2 heterocycles. The van der Waals surface area contributed by atoms with E-state index in [9.17, 15) is 14.0 Å². The number of hydrogen-bond donors (Lipinski definition) is 2. The predicted octanol–water partition coefficient (Wildman–Crippen LogP) is 3.96. The number of Topliss-reactive ketones (excluding diaryl/α,β-unsaturated/α-hetero) is 1. The number of aliphatic carboxylic acids is 1. The summed E-state index contributed by atoms with van der Waals surface area (Å²) >= 11 is 4.79. The summed E-state index contributed by atoms with van der Waals surface area (Å²) in [5.74, 6) is -0.542. The second kappa shape index (κ2) is 10.5. The van der Waals surface area contributed by atoms with Crippen molar-refractivity contribution in [2.75, 3.05) is 32.7 Å². The van der Waals surface area contributed by atoms with Crippen LogP contribution in [0.1, 0.15) is 50.1 Å². The molecule has 3 fully saturated rings. The topological polar surface area (TPSA) is 60.9 Å². The van der Waals surface area contributed by atoms with E-state index in [0.29, 0.717) is 12.1 Å². The van der Waals surface area contributed by atoms with E-state index < -0.39 is 12.0 Å². The Bertz CT molecular complexity index is 864. The zero-order chi connectivity index (χ0) is 22.7. The molecule has 4 rings (SSSR count). The Kier molecular flexibility index (Phi) is 7.69. The molecule has 0 bridgehead atoms. The summed E-state index contributed by atoms with van der Waals surface area (Å²) in [5, 5.41) is 9.14. The quantitative estimate of drug-likeness (QED) is 0.454. The molecule has 0 radical (unpaired) electrons. The fourth-order valence-corrected chi connectivity index (χ4v) is 5.30. The maximum absolute atomic E-state index is 14.7. The van der Waals surface area contributed by atoms with Gasteiger partial charge in [0, 0.05) is 42.8 Å². The molecular weight excluding hydrogens is 427 g/mol. The average Bonchev–Trinajstić information content (AvgIpc) is 3.61. The summed E-state index contributed by atoms with van der Waals surface area (Å²) in [5.41, 5.74) is 1.68. The maximum Gasteiger partial charge on any atom is 0.303 e. The molecule has 1 N–H and O–H groups in total. The third kappa shape index (κ3) is 5.80. The van der Waals surface area contributed by atoms with Crippen LogP contribution in [0, 0.1) is 17.7 Å².